The van der Waals surface area contributed by atoms with Crippen molar-refractivity contribution in [3.05, 3.63) is 42.4 Å². The highest BCUT2D eigenvalue weighted by Gasteiger charge is 2.10. The van der Waals surface area contributed by atoms with E-state index in [9.17, 15) is 14.4 Å². The standard InChI is InChI=1S/C17H21N5O6/c1-26-11-5-6-14(27-2)13(8-11)20-17(25)22-21-15(23)10-19-16(24)18-9-12-4-3-7-28-12/h3-8H,9-10H2,1-2H3,(H,21,23)(H2,18,19,24)(H2,20,22,25). The average molecular weight is 391 g/mol. The van der Waals surface area contributed by atoms with Crippen molar-refractivity contribution in [1.82, 2.24) is 21.5 Å². The number of carbonyl (C=O) groups excluding carboxylic acids is 3. The molecule has 5 N–H and O–H groups in total. The summed E-state index contributed by atoms with van der Waals surface area (Å²) in [6.07, 6.45) is 1.49. The number of ether oxygens (including phenoxy) is 2. The zero-order chi connectivity index (χ0) is 20.4. The highest BCUT2D eigenvalue weighted by atomic mass is 16.5. The molecule has 28 heavy (non-hydrogen) atoms. The number of methoxy groups -OCH3 is 2. The van der Waals surface area contributed by atoms with Crippen LogP contribution >= 0.6 is 0 Å². The van der Waals surface area contributed by atoms with Gasteiger partial charge in [-0.3, -0.25) is 10.2 Å². The van der Waals surface area contributed by atoms with Crippen LogP contribution in [-0.4, -0.2) is 38.7 Å². The largest absolute Gasteiger partial charge is 0.497 e. The number of hydrazine groups is 1. The monoisotopic (exact) mass is 391 g/mol. The molecule has 0 atom stereocenters. The van der Waals surface area contributed by atoms with Crippen LogP contribution in [0.25, 0.3) is 0 Å². The van der Waals surface area contributed by atoms with Crippen molar-refractivity contribution >= 4 is 23.7 Å². The van der Waals surface area contributed by atoms with Crippen molar-refractivity contribution in [2.24, 2.45) is 0 Å². The molecular weight excluding hydrogens is 370 g/mol. The second kappa shape index (κ2) is 10.3. The lowest BCUT2D eigenvalue weighted by Crippen LogP contribution is -2.49. The summed E-state index contributed by atoms with van der Waals surface area (Å²) < 4.78 is 15.3. The molecule has 5 amide bonds. The van der Waals surface area contributed by atoms with Crippen LogP contribution in [0.1, 0.15) is 5.76 Å². The second-order valence-electron chi connectivity index (χ2n) is 5.31. The summed E-state index contributed by atoms with van der Waals surface area (Å²) in [5.74, 6) is 0.883. The van der Waals surface area contributed by atoms with Gasteiger partial charge in [-0.1, -0.05) is 0 Å². The minimum absolute atomic E-state index is 0.184. The molecule has 0 spiro atoms. The van der Waals surface area contributed by atoms with Crippen molar-refractivity contribution < 1.29 is 28.3 Å². The highest BCUT2D eigenvalue weighted by Crippen LogP contribution is 2.28. The van der Waals surface area contributed by atoms with Crippen molar-refractivity contribution in [3.8, 4) is 11.5 Å². The van der Waals surface area contributed by atoms with Crippen molar-refractivity contribution in [2.75, 3.05) is 26.1 Å². The number of nitrogens with one attached hydrogen (secondary N) is 5. The number of furan rings is 1. The summed E-state index contributed by atoms with van der Waals surface area (Å²) in [6.45, 7) is -0.157. The molecule has 0 unspecified atom stereocenters. The maximum atomic E-state index is 11.9. The minimum Gasteiger partial charge on any atom is -0.497 e. The molecule has 0 radical (unpaired) electrons. The molecule has 2 aromatic rings. The Hall–Kier alpha value is -3.89. The van der Waals surface area contributed by atoms with Crippen molar-refractivity contribution in [2.45, 2.75) is 6.54 Å². The van der Waals surface area contributed by atoms with Crippen LogP contribution < -0.4 is 36.3 Å². The predicted octanol–water partition coefficient (Wildman–Crippen LogP) is 0.949. The summed E-state index contributed by atoms with van der Waals surface area (Å²) in [5.41, 5.74) is 4.68. The van der Waals surface area contributed by atoms with Gasteiger partial charge in [0.2, 0.25) is 0 Å². The molecule has 11 nitrogen and oxygen atoms in total. The summed E-state index contributed by atoms with van der Waals surface area (Å²) in [7, 11) is 2.94. The lowest BCUT2D eigenvalue weighted by Gasteiger charge is -2.13. The Kier molecular flexibility index (Phi) is 7.52. The molecule has 2 rings (SSSR count). The fraction of sp³-hybridized carbons (Fsp3) is 0.235. The molecule has 0 saturated heterocycles. The molecular formula is C17H21N5O6. The molecule has 1 aromatic heterocycles. The first-order valence-corrected chi connectivity index (χ1v) is 8.13. The van der Waals surface area contributed by atoms with Gasteiger partial charge < -0.3 is 29.8 Å². The number of benzene rings is 1. The average Bonchev–Trinajstić information content (AvgIpc) is 3.22. The number of amides is 5. The van der Waals surface area contributed by atoms with E-state index in [1.807, 2.05) is 0 Å². The Morgan fingerprint density at radius 3 is 2.50 bits per heavy atom. The van der Waals surface area contributed by atoms with Gasteiger partial charge >= 0.3 is 12.1 Å². The number of hydrogen-bond acceptors (Lipinski definition) is 6. The van der Waals surface area contributed by atoms with Crippen molar-refractivity contribution in [1.29, 1.82) is 0 Å². The number of rotatable bonds is 7. The highest BCUT2D eigenvalue weighted by molar-refractivity contribution is 5.93. The smallest absolute Gasteiger partial charge is 0.338 e. The maximum absolute atomic E-state index is 11.9. The van der Waals surface area contributed by atoms with E-state index >= 15 is 0 Å². The van der Waals surface area contributed by atoms with Gasteiger partial charge in [0.05, 0.1) is 32.7 Å². The van der Waals surface area contributed by atoms with E-state index in [0.29, 0.717) is 22.9 Å². The van der Waals surface area contributed by atoms with Crippen LogP contribution in [0.5, 0.6) is 11.5 Å². The van der Waals surface area contributed by atoms with Gasteiger partial charge in [0.1, 0.15) is 23.8 Å². The van der Waals surface area contributed by atoms with E-state index in [4.69, 9.17) is 13.9 Å². The first-order valence-electron chi connectivity index (χ1n) is 8.13. The number of anilines is 1. The lowest BCUT2D eigenvalue weighted by molar-refractivity contribution is -0.120. The molecule has 11 heteroatoms. The topological polar surface area (TPSA) is 143 Å². The molecule has 0 fully saturated rings. The van der Waals surface area contributed by atoms with Gasteiger partial charge in [-0.15, -0.1) is 0 Å². The number of urea groups is 2. The van der Waals surface area contributed by atoms with E-state index < -0.39 is 18.0 Å². The van der Waals surface area contributed by atoms with E-state index in [-0.39, 0.29) is 13.1 Å². The molecule has 0 bridgehead atoms. The summed E-state index contributed by atoms with van der Waals surface area (Å²) in [4.78, 5) is 35.2. The maximum Gasteiger partial charge on any atom is 0.338 e. The van der Waals surface area contributed by atoms with Crippen molar-refractivity contribution in [3.63, 3.8) is 0 Å². The Bertz CT molecular complexity index is 808. The SMILES string of the molecule is COc1ccc(OC)c(NC(=O)NNC(=O)CNC(=O)NCc2ccco2)c1. The van der Waals surface area contributed by atoms with Crippen LogP contribution in [0.15, 0.2) is 41.0 Å². The van der Waals surface area contributed by atoms with Gasteiger partial charge in [-0.25, -0.2) is 15.0 Å². The van der Waals surface area contributed by atoms with Gasteiger partial charge in [0.15, 0.2) is 0 Å². The number of hydrogen-bond donors (Lipinski definition) is 5. The lowest BCUT2D eigenvalue weighted by atomic mass is 10.2. The predicted molar refractivity (Wildman–Crippen MR) is 98.8 cm³/mol. The molecule has 0 aliphatic heterocycles. The zero-order valence-corrected chi connectivity index (χ0v) is 15.3. The molecule has 1 heterocycles. The second-order valence-corrected chi connectivity index (χ2v) is 5.31. The summed E-state index contributed by atoms with van der Waals surface area (Å²) in [6, 6.07) is 6.99. The van der Waals surface area contributed by atoms with E-state index in [2.05, 4.69) is 26.8 Å². The molecule has 0 aliphatic rings. The molecule has 0 aliphatic carbocycles. The minimum atomic E-state index is -0.706. The molecule has 0 saturated carbocycles. The third-order valence-corrected chi connectivity index (χ3v) is 3.38. The van der Waals surface area contributed by atoms with Gasteiger partial charge in [0.25, 0.3) is 5.91 Å². The van der Waals surface area contributed by atoms with Crippen LogP contribution in [0.2, 0.25) is 0 Å². The first-order chi connectivity index (χ1) is 13.5. The normalized spacial score (nSPS) is 9.79. The first kappa shape index (κ1) is 20.4. The Balaban J connectivity index is 1.70. The van der Waals surface area contributed by atoms with E-state index in [1.165, 1.54) is 20.5 Å². The fourth-order valence-electron chi connectivity index (χ4n) is 2.04. The van der Waals surface area contributed by atoms with Crippen LogP contribution in [0.3, 0.4) is 0 Å². The zero-order valence-electron chi connectivity index (χ0n) is 15.3. The van der Waals surface area contributed by atoms with Gasteiger partial charge in [0, 0.05) is 6.07 Å². The molecule has 1 aromatic carbocycles. The van der Waals surface area contributed by atoms with Crippen LogP contribution in [-0.2, 0) is 11.3 Å². The van der Waals surface area contributed by atoms with Gasteiger partial charge in [-0.2, -0.15) is 0 Å². The molecule has 150 valence electrons. The summed E-state index contributed by atoms with van der Waals surface area (Å²) >= 11 is 0. The third-order valence-electron chi connectivity index (χ3n) is 3.38. The summed E-state index contributed by atoms with van der Waals surface area (Å²) in [5, 5.41) is 7.36. The Labute approximate surface area is 160 Å². The van der Waals surface area contributed by atoms with Crippen LogP contribution in [0.4, 0.5) is 15.3 Å². The number of carbonyl (C=O) groups is 3. The van der Waals surface area contributed by atoms with E-state index in [0.717, 1.165) is 0 Å². The van der Waals surface area contributed by atoms with Crippen LogP contribution in [0, 0.1) is 0 Å². The quantitative estimate of drug-likeness (QED) is 0.445. The Morgan fingerprint density at radius 2 is 1.82 bits per heavy atom. The third kappa shape index (κ3) is 6.44. The van der Waals surface area contributed by atoms with Gasteiger partial charge in [-0.05, 0) is 24.3 Å². The van der Waals surface area contributed by atoms with E-state index in [1.54, 1.807) is 30.3 Å². The Morgan fingerprint density at radius 1 is 1.00 bits per heavy atom. The fourth-order valence-corrected chi connectivity index (χ4v) is 2.04.